The van der Waals surface area contributed by atoms with Gasteiger partial charge < -0.3 is 5.32 Å². The molecule has 3 heteroatoms. The van der Waals surface area contributed by atoms with Crippen LogP contribution in [-0.4, -0.2) is 31.1 Å². The van der Waals surface area contributed by atoms with Crippen molar-refractivity contribution in [3.8, 4) is 11.1 Å². The second-order valence-corrected chi connectivity index (χ2v) is 7.52. The SMILES string of the molecule is Clc1cccc(C(c2ccc(-c3ccccc3)cc2)N2CCCNCC2)c1. The van der Waals surface area contributed by atoms with Crippen LogP contribution in [0.1, 0.15) is 23.6 Å². The lowest BCUT2D eigenvalue weighted by molar-refractivity contribution is 0.241. The van der Waals surface area contributed by atoms with E-state index in [4.69, 9.17) is 11.6 Å². The molecular formula is C24H25ClN2. The Morgan fingerprint density at radius 3 is 2.30 bits per heavy atom. The summed E-state index contributed by atoms with van der Waals surface area (Å²) in [4.78, 5) is 2.57. The van der Waals surface area contributed by atoms with Gasteiger partial charge in [-0.3, -0.25) is 4.90 Å². The maximum absolute atomic E-state index is 6.32. The van der Waals surface area contributed by atoms with Crippen molar-refractivity contribution >= 4 is 11.6 Å². The molecule has 3 aromatic carbocycles. The average Bonchev–Trinajstić information content (AvgIpc) is 2.99. The zero-order chi connectivity index (χ0) is 18.5. The van der Waals surface area contributed by atoms with E-state index in [1.807, 2.05) is 6.07 Å². The molecular weight excluding hydrogens is 352 g/mol. The van der Waals surface area contributed by atoms with Crippen molar-refractivity contribution in [2.24, 2.45) is 0 Å². The maximum Gasteiger partial charge on any atom is 0.0602 e. The van der Waals surface area contributed by atoms with Gasteiger partial charge in [0.15, 0.2) is 0 Å². The zero-order valence-electron chi connectivity index (χ0n) is 15.4. The number of rotatable bonds is 4. The van der Waals surface area contributed by atoms with Gasteiger partial charge in [0.05, 0.1) is 6.04 Å². The van der Waals surface area contributed by atoms with E-state index in [1.165, 1.54) is 28.7 Å². The van der Waals surface area contributed by atoms with Gasteiger partial charge in [-0.1, -0.05) is 78.3 Å². The Morgan fingerprint density at radius 1 is 0.741 bits per heavy atom. The maximum atomic E-state index is 6.32. The molecule has 3 aromatic rings. The Labute approximate surface area is 166 Å². The largest absolute Gasteiger partial charge is 0.315 e. The fourth-order valence-corrected chi connectivity index (χ4v) is 4.10. The third-order valence-electron chi connectivity index (χ3n) is 5.24. The number of benzene rings is 3. The van der Waals surface area contributed by atoms with Crippen LogP contribution in [0.25, 0.3) is 11.1 Å². The number of hydrogen-bond acceptors (Lipinski definition) is 2. The van der Waals surface area contributed by atoms with Gasteiger partial charge in [-0.15, -0.1) is 0 Å². The second kappa shape index (κ2) is 8.71. The normalized spacial score (nSPS) is 16.6. The molecule has 0 radical (unpaired) electrons. The molecule has 1 atom stereocenters. The summed E-state index contributed by atoms with van der Waals surface area (Å²) in [5.41, 5.74) is 5.08. The molecule has 1 saturated heterocycles. The molecule has 138 valence electrons. The molecule has 1 aliphatic rings. The highest BCUT2D eigenvalue weighted by molar-refractivity contribution is 6.30. The van der Waals surface area contributed by atoms with Crippen molar-refractivity contribution < 1.29 is 0 Å². The first-order valence-corrected chi connectivity index (χ1v) is 10.0. The molecule has 4 rings (SSSR count). The lowest BCUT2D eigenvalue weighted by Crippen LogP contribution is -2.33. The van der Waals surface area contributed by atoms with Crippen molar-refractivity contribution in [1.29, 1.82) is 0 Å². The molecule has 0 spiro atoms. The van der Waals surface area contributed by atoms with Gasteiger partial charge >= 0.3 is 0 Å². The van der Waals surface area contributed by atoms with Crippen molar-refractivity contribution in [2.45, 2.75) is 12.5 Å². The van der Waals surface area contributed by atoms with Crippen LogP contribution in [0.5, 0.6) is 0 Å². The number of nitrogens with zero attached hydrogens (tertiary/aromatic N) is 1. The third kappa shape index (κ3) is 4.41. The van der Waals surface area contributed by atoms with E-state index in [1.54, 1.807) is 0 Å². The molecule has 0 amide bonds. The summed E-state index contributed by atoms with van der Waals surface area (Å²) in [5.74, 6) is 0. The van der Waals surface area contributed by atoms with Crippen LogP contribution in [0.4, 0.5) is 0 Å². The highest BCUT2D eigenvalue weighted by atomic mass is 35.5. The highest BCUT2D eigenvalue weighted by Crippen LogP contribution is 2.32. The van der Waals surface area contributed by atoms with Crippen LogP contribution in [0.3, 0.4) is 0 Å². The average molecular weight is 377 g/mol. The smallest absolute Gasteiger partial charge is 0.0602 e. The fraction of sp³-hybridized carbons (Fsp3) is 0.250. The molecule has 0 bridgehead atoms. The van der Waals surface area contributed by atoms with Crippen molar-refractivity contribution in [3.63, 3.8) is 0 Å². The molecule has 0 saturated carbocycles. The van der Waals surface area contributed by atoms with Gasteiger partial charge in [-0.05, 0) is 47.4 Å². The van der Waals surface area contributed by atoms with Crippen LogP contribution in [-0.2, 0) is 0 Å². The molecule has 1 aliphatic heterocycles. The number of hydrogen-bond donors (Lipinski definition) is 1. The summed E-state index contributed by atoms with van der Waals surface area (Å²) in [6, 6.07) is 28.1. The lowest BCUT2D eigenvalue weighted by atomic mass is 9.94. The monoisotopic (exact) mass is 376 g/mol. The van der Waals surface area contributed by atoms with Crippen LogP contribution >= 0.6 is 11.6 Å². The summed E-state index contributed by atoms with van der Waals surface area (Å²) in [6.07, 6.45) is 1.17. The van der Waals surface area contributed by atoms with Gasteiger partial charge in [0.25, 0.3) is 0 Å². The van der Waals surface area contributed by atoms with Gasteiger partial charge in [0.2, 0.25) is 0 Å². The van der Waals surface area contributed by atoms with Crippen LogP contribution in [0.2, 0.25) is 5.02 Å². The Kier molecular flexibility index (Phi) is 5.88. The van der Waals surface area contributed by atoms with Crippen LogP contribution in [0, 0.1) is 0 Å². The van der Waals surface area contributed by atoms with E-state index in [0.717, 1.165) is 31.2 Å². The molecule has 1 heterocycles. The predicted molar refractivity (Wildman–Crippen MR) is 114 cm³/mol. The Balaban J connectivity index is 1.69. The molecule has 2 nitrogen and oxygen atoms in total. The quantitative estimate of drug-likeness (QED) is 0.656. The molecule has 1 unspecified atom stereocenters. The number of nitrogens with one attached hydrogen (secondary N) is 1. The highest BCUT2D eigenvalue weighted by Gasteiger charge is 2.23. The molecule has 1 fully saturated rings. The van der Waals surface area contributed by atoms with E-state index in [2.05, 4.69) is 83.0 Å². The van der Waals surface area contributed by atoms with Crippen molar-refractivity contribution in [2.75, 3.05) is 26.2 Å². The minimum absolute atomic E-state index is 0.230. The van der Waals surface area contributed by atoms with E-state index in [0.29, 0.717) is 0 Å². The van der Waals surface area contributed by atoms with Gasteiger partial charge in [0.1, 0.15) is 0 Å². The number of halogens is 1. The second-order valence-electron chi connectivity index (χ2n) is 7.09. The van der Waals surface area contributed by atoms with Crippen molar-refractivity contribution in [1.82, 2.24) is 10.2 Å². The van der Waals surface area contributed by atoms with E-state index < -0.39 is 0 Å². The van der Waals surface area contributed by atoms with Crippen LogP contribution < -0.4 is 5.32 Å². The van der Waals surface area contributed by atoms with E-state index in [-0.39, 0.29) is 6.04 Å². The summed E-state index contributed by atoms with van der Waals surface area (Å²) in [5, 5.41) is 4.31. The first kappa shape index (κ1) is 18.2. The third-order valence-corrected chi connectivity index (χ3v) is 5.47. The predicted octanol–water partition coefficient (Wildman–Crippen LogP) is 5.39. The summed E-state index contributed by atoms with van der Waals surface area (Å²) in [7, 11) is 0. The Hall–Kier alpha value is -2.13. The first-order valence-electron chi connectivity index (χ1n) is 9.67. The van der Waals surface area contributed by atoms with Crippen LogP contribution in [0.15, 0.2) is 78.9 Å². The Bertz CT molecular complexity index is 853. The van der Waals surface area contributed by atoms with Gasteiger partial charge in [-0.25, -0.2) is 0 Å². The molecule has 1 N–H and O–H groups in total. The summed E-state index contributed by atoms with van der Waals surface area (Å²) >= 11 is 6.32. The minimum Gasteiger partial charge on any atom is -0.315 e. The first-order chi connectivity index (χ1) is 13.3. The topological polar surface area (TPSA) is 15.3 Å². The summed E-state index contributed by atoms with van der Waals surface area (Å²) in [6.45, 7) is 4.24. The van der Waals surface area contributed by atoms with Crippen molar-refractivity contribution in [3.05, 3.63) is 95.0 Å². The molecule has 27 heavy (non-hydrogen) atoms. The summed E-state index contributed by atoms with van der Waals surface area (Å²) < 4.78 is 0. The van der Waals surface area contributed by atoms with Gasteiger partial charge in [-0.2, -0.15) is 0 Å². The molecule has 0 aliphatic carbocycles. The van der Waals surface area contributed by atoms with Gasteiger partial charge in [0, 0.05) is 24.7 Å². The lowest BCUT2D eigenvalue weighted by Gasteiger charge is -2.31. The standard InChI is InChI=1S/C24H25ClN2/c25-23-9-4-8-22(18-23)24(27-16-5-14-26-15-17-27)21-12-10-20(11-13-21)19-6-2-1-3-7-19/h1-4,6-13,18,24,26H,5,14-17H2. The zero-order valence-corrected chi connectivity index (χ0v) is 16.2. The minimum atomic E-state index is 0.230. The van der Waals surface area contributed by atoms with E-state index >= 15 is 0 Å². The fourth-order valence-electron chi connectivity index (χ4n) is 3.90. The molecule has 0 aromatic heterocycles. The Morgan fingerprint density at radius 2 is 1.52 bits per heavy atom. The van der Waals surface area contributed by atoms with E-state index in [9.17, 15) is 0 Å².